The maximum Gasteiger partial charge on any atom is 0.189 e. The van der Waals surface area contributed by atoms with Crippen LogP contribution in [0.4, 0.5) is 0 Å². The molecule has 0 saturated carbocycles. The molecular formula is C19H19ClO5. The van der Waals surface area contributed by atoms with Gasteiger partial charge in [0, 0.05) is 12.7 Å². The Morgan fingerprint density at radius 3 is 2.64 bits per heavy atom. The van der Waals surface area contributed by atoms with Crippen molar-refractivity contribution in [3.63, 3.8) is 0 Å². The summed E-state index contributed by atoms with van der Waals surface area (Å²) in [6, 6.07) is 8.30. The minimum atomic E-state index is -0.373. The van der Waals surface area contributed by atoms with Crippen LogP contribution in [0.3, 0.4) is 0 Å². The summed E-state index contributed by atoms with van der Waals surface area (Å²) in [5.41, 5.74) is 1.67. The lowest BCUT2D eigenvalue weighted by molar-refractivity contribution is 0.0486. The monoisotopic (exact) mass is 362 g/mol. The number of methoxy groups -OCH3 is 2. The maximum absolute atomic E-state index is 12.3. The number of rotatable bonds is 7. The molecular weight excluding hydrogens is 344 g/mol. The third kappa shape index (κ3) is 4.32. The normalized spacial score (nSPS) is 10.9. The van der Waals surface area contributed by atoms with Gasteiger partial charge in [0.25, 0.3) is 0 Å². The lowest BCUT2D eigenvalue weighted by atomic mass is 10.1. The van der Waals surface area contributed by atoms with Crippen molar-refractivity contribution in [1.82, 2.24) is 0 Å². The van der Waals surface area contributed by atoms with Gasteiger partial charge < -0.3 is 19.3 Å². The molecule has 6 heteroatoms. The van der Waals surface area contributed by atoms with Crippen molar-refractivity contribution in [3.05, 3.63) is 58.1 Å². The molecule has 0 aliphatic heterocycles. The number of para-hydroxylation sites is 1. The second-order valence-electron chi connectivity index (χ2n) is 5.22. The van der Waals surface area contributed by atoms with E-state index in [4.69, 9.17) is 25.8 Å². The number of phenols is 1. The number of hydrogen-bond acceptors (Lipinski definition) is 5. The van der Waals surface area contributed by atoms with Crippen LogP contribution >= 0.6 is 11.6 Å². The largest absolute Gasteiger partial charge is 0.506 e. The summed E-state index contributed by atoms with van der Waals surface area (Å²) in [7, 11) is 3.05. The fraction of sp³-hybridized carbons (Fsp3) is 0.211. The van der Waals surface area contributed by atoms with Crippen LogP contribution in [-0.2, 0) is 4.74 Å². The highest BCUT2D eigenvalue weighted by atomic mass is 35.5. The van der Waals surface area contributed by atoms with Gasteiger partial charge in [0.05, 0.1) is 17.7 Å². The molecule has 0 aliphatic carbocycles. The average molecular weight is 363 g/mol. The van der Waals surface area contributed by atoms with E-state index in [9.17, 15) is 9.90 Å². The molecule has 1 N–H and O–H groups in total. The molecule has 0 atom stereocenters. The van der Waals surface area contributed by atoms with Crippen LogP contribution < -0.4 is 9.47 Å². The van der Waals surface area contributed by atoms with Gasteiger partial charge in [0.15, 0.2) is 24.1 Å². The lowest BCUT2D eigenvalue weighted by Gasteiger charge is -2.14. The molecule has 2 aromatic carbocycles. The molecule has 2 rings (SSSR count). The van der Waals surface area contributed by atoms with Gasteiger partial charge in [-0.2, -0.15) is 0 Å². The van der Waals surface area contributed by atoms with Gasteiger partial charge in [-0.15, -0.1) is 0 Å². The van der Waals surface area contributed by atoms with Gasteiger partial charge in [-0.05, 0) is 36.8 Å². The number of carbonyl (C=O) groups is 1. The smallest absolute Gasteiger partial charge is 0.189 e. The van der Waals surface area contributed by atoms with Crippen LogP contribution in [0.15, 0.2) is 36.4 Å². The predicted molar refractivity (Wildman–Crippen MR) is 96.7 cm³/mol. The zero-order valence-electron chi connectivity index (χ0n) is 14.2. The molecule has 0 unspecified atom stereocenters. The second-order valence-corrected chi connectivity index (χ2v) is 5.63. The molecule has 0 aromatic heterocycles. The van der Waals surface area contributed by atoms with Crippen LogP contribution in [0.1, 0.15) is 21.5 Å². The Hall–Kier alpha value is -2.50. The van der Waals surface area contributed by atoms with E-state index in [2.05, 4.69) is 0 Å². The van der Waals surface area contributed by atoms with E-state index < -0.39 is 0 Å². The molecule has 0 heterocycles. The van der Waals surface area contributed by atoms with E-state index in [1.807, 2.05) is 19.1 Å². The number of ketones is 1. The molecule has 0 fully saturated rings. The third-order valence-corrected chi connectivity index (χ3v) is 3.84. The molecule has 0 bridgehead atoms. The van der Waals surface area contributed by atoms with Gasteiger partial charge in [0.1, 0.15) is 5.75 Å². The molecule has 132 valence electrons. The molecule has 5 nitrogen and oxygen atoms in total. The fourth-order valence-corrected chi connectivity index (χ4v) is 2.46. The van der Waals surface area contributed by atoms with Crippen molar-refractivity contribution in [3.8, 4) is 17.2 Å². The Morgan fingerprint density at radius 2 is 1.96 bits per heavy atom. The number of ether oxygens (including phenoxy) is 3. The number of allylic oxidation sites excluding steroid dienone is 1. The maximum atomic E-state index is 12.3. The van der Waals surface area contributed by atoms with E-state index in [1.165, 1.54) is 32.4 Å². The Kier molecular flexibility index (Phi) is 6.44. The zero-order valence-corrected chi connectivity index (χ0v) is 15.0. The second kappa shape index (κ2) is 8.55. The van der Waals surface area contributed by atoms with Crippen LogP contribution in [0.5, 0.6) is 17.2 Å². The number of halogens is 1. The number of carbonyl (C=O) groups excluding carboxylic acids is 1. The summed E-state index contributed by atoms with van der Waals surface area (Å²) in [6.07, 6.45) is 2.94. The van der Waals surface area contributed by atoms with Crippen molar-refractivity contribution in [1.29, 1.82) is 0 Å². The van der Waals surface area contributed by atoms with Gasteiger partial charge >= 0.3 is 0 Å². The van der Waals surface area contributed by atoms with Gasteiger partial charge in [-0.25, -0.2) is 0 Å². The molecule has 0 radical (unpaired) electrons. The highest BCUT2D eigenvalue weighted by Crippen LogP contribution is 2.35. The first-order valence-electron chi connectivity index (χ1n) is 7.48. The Labute approximate surface area is 151 Å². The molecule has 0 amide bonds. The minimum Gasteiger partial charge on any atom is -0.506 e. The van der Waals surface area contributed by atoms with Crippen LogP contribution in [0.25, 0.3) is 6.08 Å². The summed E-state index contributed by atoms with van der Waals surface area (Å²) in [4.78, 5) is 12.3. The van der Waals surface area contributed by atoms with Gasteiger partial charge in [-0.1, -0.05) is 29.8 Å². The first-order chi connectivity index (χ1) is 12.0. The SMILES string of the molecule is COCOc1c(C)ccc(/C=C/C(=O)c2cccc(Cl)c2O)c1OC. The summed E-state index contributed by atoms with van der Waals surface area (Å²) >= 11 is 5.83. The number of aryl methyl sites for hydroxylation is 1. The number of phenolic OH excluding ortho intramolecular Hbond substituents is 1. The topological polar surface area (TPSA) is 65.0 Å². The van der Waals surface area contributed by atoms with Crippen molar-refractivity contribution in [2.75, 3.05) is 21.0 Å². The number of aromatic hydroxyl groups is 1. The summed E-state index contributed by atoms with van der Waals surface area (Å²) in [5, 5.41) is 10.0. The van der Waals surface area contributed by atoms with Crippen molar-refractivity contribution >= 4 is 23.5 Å². The van der Waals surface area contributed by atoms with Gasteiger partial charge in [0.2, 0.25) is 0 Å². The minimum absolute atomic E-state index is 0.0830. The van der Waals surface area contributed by atoms with Crippen LogP contribution in [0.2, 0.25) is 5.02 Å². The fourth-order valence-electron chi connectivity index (χ4n) is 2.28. The summed E-state index contributed by atoms with van der Waals surface area (Å²) in [6.45, 7) is 1.97. The van der Waals surface area contributed by atoms with Crippen LogP contribution in [0, 0.1) is 6.92 Å². The molecule has 0 aliphatic rings. The number of hydrogen-bond donors (Lipinski definition) is 1. The molecule has 2 aromatic rings. The van der Waals surface area contributed by atoms with E-state index in [0.717, 1.165) is 5.56 Å². The predicted octanol–water partition coefficient (Wildman–Crippen LogP) is 4.24. The highest BCUT2D eigenvalue weighted by Gasteiger charge is 2.14. The molecule has 25 heavy (non-hydrogen) atoms. The van der Waals surface area contributed by atoms with E-state index in [0.29, 0.717) is 17.1 Å². The zero-order chi connectivity index (χ0) is 18.4. The molecule has 0 saturated heterocycles. The van der Waals surface area contributed by atoms with Gasteiger partial charge in [-0.3, -0.25) is 4.79 Å². The first-order valence-corrected chi connectivity index (χ1v) is 7.86. The average Bonchev–Trinajstić information content (AvgIpc) is 2.61. The first kappa shape index (κ1) is 18.8. The Bertz CT molecular complexity index is 799. The standard InChI is InChI=1S/C19H19ClO5/c1-12-7-8-13(19(24-3)18(12)25-11-23-2)9-10-16(21)14-5-4-6-15(20)17(14)22/h4-10,22H,11H2,1-3H3/b10-9+. The van der Waals surface area contributed by atoms with Crippen LogP contribution in [-0.4, -0.2) is 31.9 Å². The van der Waals surface area contributed by atoms with E-state index in [1.54, 1.807) is 12.1 Å². The summed E-state index contributed by atoms with van der Waals surface area (Å²) < 4.78 is 15.9. The Morgan fingerprint density at radius 1 is 1.20 bits per heavy atom. The summed E-state index contributed by atoms with van der Waals surface area (Å²) in [5.74, 6) is 0.432. The van der Waals surface area contributed by atoms with E-state index in [-0.39, 0.29) is 28.9 Å². The highest BCUT2D eigenvalue weighted by molar-refractivity contribution is 6.32. The third-order valence-electron chi connectivity index (χ3n) is 3.53. The molecule has 0 spiro atoms. The Balaban J connectivity index is 2.34. The quantitative estimate of drug-likeness (QED) is 0.453. The van der Waals surface area contributed by atoms with E-state index >= 15 is 0 Å². The van der Waals surface area contributed by atoms with Crippen molar-refractivity contribution in [2.45, 2.75) is 6.92 Å². The number of benzene rings is 2. The van der Waals surface area contributed by atoms with Crippen molar-refractivity contribution in [2.24, 2.45) is 0 Å². The lowest BCUT2D eigenvalue weighted by Crippen LogP contribution is -2.03. The van der Waals surface area contributed by atoms with Crippen molar-refractivity contribution < 1.29 is 24.1 Å².